The number of nitrogens with one attached hydrogen (secondary N) is 5. The molecule has 5 rings (SSSR count). The fourth-order valence-electron chi connectivity index (χ4n) is 5.05. The Morgan fingerprint density at radius 2 is 1.84 bits per heavy atom. The third-order valence-electron chi connectivity index (χ3n) is 7.46. The van der Waals surface area contributed by atoms with Crippen LogP contribution in [0.5, 0.6) is 0 Å². The van der Waals surface area contributed by atoms with E-state index in [2.05, 4.69) is 26.3 Å². The standard InChI is InChI=1S/C33H32FN5O4/c1-18-28(36-20(3)30(18)39-29(40)17-35-31(41)22-7-5-4-6-8-22)16-26-25-15-23(11-14-27(25)38-33(26)43)32(42)37-19(2)21-9-12-24(34)13-10-21/h4-12,14-16,19,24,36H,13,17H2,1-3H3,(H,35,41)(H,37,42)(H,38,43)(H,39,40)/b26-16-. The number of carbonyl (C=O) groups excluding carboxylic acids is 4. The summed E-state index contributed by atoms with van der Waals surface area (Å²) in [7, 11) is 0. The Kier molecular flexibility index (Phi) is 8.38. The topological polar surface area (TPSA) is 132 Å². The van der Waals surface area contributed by atoms with Crippen molar-refractivity contribution in [2.45, 2.75) is 39.4 Å². The number of hydrogen-bond donors (Lipinski definition) is 5. The summed E-state index contributed by atoms with van der Waals surface area (Å²) in [6.07, 6.45) is 5.90. The first kappa shape index (κ1) is 29.2. The van der Waals surface area contributed by atoms with E-state index >= 15 is 0 Å². The molecular formula is C33H32FN5O4. The van der Waals surface area contributed by atoms with Gasteiger partial charge in [0.25, 0.3) is 17.7 Å². The molecule has 5 N–H and O–H groups in total. The van der Waals surface area contributed by atoms with Crippen LogP contribution < -0.4 is 21.3 Å². The van der Waals surface area contributed by atoms with E-state index in [1.807, 2.05) is 13.8 Å². The second kappa shape index (κ2) is 12.3. The zero-order valence-corrected chi connectivity index (χ0v) is 24.0. The zero-order chi connectivity index (χ0) is 30.7. The molecule has 2 unspecified atom stereocenters. The zero-order valence-electron chi connectivity index (χ0n) is 24.0. The molecule has 0 saturated carbocycles. The summed E-state index contributed by atoms with van der Waals surface area (Å²) in [6, 6.07) is 13.3. The molecule has 2 aliphatic rings. The number of alkyl halides is 1. The maximum atomic E-state index is 13.4. The van der Waals surface area contributed by atoms with E-state index in [9.17, 15) is 23.6 Å². The minimum Gasteiger partial charge on any atom is -0.357 e. The smallest absolute Gasteiger partial charge is 0.256 e. The second-order valence-electron chi connectivity index (χ2n) is 10.5. The van der Waals surface area contributed by atoms with Gasteiger partial charge < -0.3 is 26.3 Å². The molecule has 0 saturated heterocycles. The van der Waals surface area contributed by atoms with Crippen LogP contribution in [0.25, 0.3) is 11.6 Å². The molecule has 2 aromatic carbocycles. The number of halogens is 1. The van der Waals surface area contributed by atoms with E-state index in [0.29, 0.717) is 50.6 Å². The maximum Gasteiger partial charge on any atom is 0.256 e. The molecule has 43 heavy (non-hydrogen) atoms. The Morgan fingerprint density at radius 3 is 2.56 bits per heavy atom. The molecule has 4 amide bonds. The van der Waals surface area contributed by atoms with Gasteiger partial charge in [0.05, 0.1) is 23.8 Å². The Labute approximate surface area is 248 Å². The van der Waals surface area contributed by atoms with Crippen molar-refractivity contribution < 1.29 is 23.6 Å². The van der Waals surface area contributed by atoms with Gasteiger partial charge in [0.15, 0.2) is 0 Å². The first-order chi connectivity index (χ1) is 20.6. The number of carbonyl (C=O) groups is 4. The number of allylic oxidation sites excluding steroid dienone is 2. The highest BCUT2D eigenvalue weighted by Gasteiger charge is 2.27. The molecule has 0 bridgehead atoms. The molecule has 220 valence electrons. The van der Waals surface area contributed by atoms with Crippen LogP contribution in [0.4, 0.5) is 15.8 Å². The number of hydrogen-bond acceptors (Lipinski definition) is 4. The van der Waals surface area contributed by atoms with Crippen LogP contribution in [0, 0.1) is 13.8 Å². The lowest BCUT2D eigenvalue weighted by Gasteiger charge is -2.18. The minimum atomic E-state index is -1.01. The van der Waals surface area contributed by atoms with Crippen LogP contribution in [-0.2, 0) is 9.59 Å². The van der Waals surface area contributed by atoms with Crippen LogP contribution in [0.3, 0.4) is 0 Å². The van der Waals surface area contributed by atoms with E-state index in [-0.39, 0.29) is 36.7 Å². The number of anilines is 2. The average Bonchev–Trinajstić information content (AvgIpc) is 3.45. The SMILES string of the molecule is Cc1[nH]c(/C=C2\C(=O)Nc3ccc(C(=O)NC(C)C4=CCC(F)C=C4)cc32)c(C)c1NC(=O)CNC(=O)c1ccccc1. The second-order valence-corrected chi connectivity index (χ2v) is 10.5. The van der Waals surface area contributed by atoms with Gasteiger partial charge in [-0.25, -0.2) is 4.39 Å². The third-order valence-corrected chi connectivity index (χ3v) is 7.46. The Hall–Kier alpha value is -5.25. The van der Waals surface area contributed by atoms with Crippen molar-refractivity contribution in [3.63, 3.8) is 0 Å². The van der Waals surface area contributed by atoms with Crippen LogP contribution in [0.1, 0.15) is 56.6 Å². The summed E-state index contributed by atoms with van der Waals surface area (Å²) in [5, 5.41) is 11.2. The minimum absolute atomic E-state index is 0.211. The van der Waals surface area contributed by atoms with Gasteiger partial charge in [-0.05, 0) is 68.3 Å². The molecule has 1 aromatic heterocycles. The van der Waals surface area contributed by atoms with E-state index in [1.54, 1.807) is 73.7 Å². The van der Waals surface area contributed by atoms with Crippen molar-refractivity contribution >= 4 is 46.7 Å². The lowest BCUT2D eigenvalue weighted by Crippen LogP contribution is -2.34. The molecule has 2 heterocycles. The fourth-order valence-corrected chi connectivity index (χ4v) is 5.05. The van der Waals surface area contributed by atoms with Crippen molar-refractivity contribution in [1.29, 1.82) is 0 Å². The molecule has 1 aliphatic heterocycles. The van der Waals surface area contributed by atoms with Crippen LogP contribution in [0.15, 0.2) is 72.3 Å². The summed E-state index contributed by atoms with van der Waals surface area (Å²) in [4.78, 5) is 54.1. The van der Waals surface area contributed by atoms with Crippen molar-refractivity contribution in [2.75, 3.05) is 17.2 Å². The third kappa shape index (κ3) is 6.48. The maximum absolute atomic E-state index is 13.4. The van der Waals surface area contributed by atoms with Gasteiger partial charge >= 0.3 is 0 Å². The van der Waals surface area contributed by atoms with Crippen LogP contribution >= 0.6 is 0 Å². The predicted octanol–water partition coefficient (Wildman–Crippen LogP) is 4.84. The summed E-state index contributed by atoms with van der Waals surface area (Å²) in [6.45, 7) is 5.23. The predicted molar refractivity (Wildman–Crippen MR) is 164 cm³/mol. The number of rotatable bonds is 8. The Bertz CT molecular complexity index is 1700. The molecule has 3 aromatic rings. The Balaban J connectivity index is 1.30. The number of aromatic nitrogens is 1. The molecular weight excluding hydrogens is 549 g/mol. The highest BCUT2D eigenvalue weighted by molar-refractivity contribution is 6.35. The van der Waals surface area contributed by atoms with Gasteiger partial charge in [-0.15, -0.1) is 0 Å². The van der Waals surface area contributed by atoms with Gasteiger partial charge in [0.1, 0.15) is 6.17 Å². The molecule has 9 nitrogen and oxygen atoms in total. The summed E-state index contributed by atoms with van der Waals surface area (Å²) in [5.41, 5.74) is 5.74. The molecule has 0 fully saturated rings. The van der Waals surface area contributed by atoms with Crippen molar-refractivity contribution in [3.8, 4) is 0 Å². The number of H-pyrrole nitrogens is 1. The highest BCUT2D eigenvalue weighted by Crippen LogP contribution is 2.35. The van der Waals surface area contributed by atoms with E-state index < -0.39 is 12.1 Å². The van der Waals surface area contributed by atoms with Crippen LogP contribution in [0.2, 0.25) is 0 Å². The molecule has 0 radical (unpaired) electrons. The lowest BCUT2D eigenvalue weighted by molar-refractivity contribution is -0.115. The number of amides is 4. The van der Waals surface area contributed by atoms with Gasteiger partial charge in [-0.3, -0.25) is 19.2 Å². The molecule has 10 heteroatoms. The lowest BCUT2D eigenvalue weighted by atomic mass is 9.99. The molecule has 0 spiro atoms. The highest BCUT2D eigenvalue weighted by atomic mass is 19.1. The van der Waals surface area contributed by atoms with Crippen LogP contribution in [-0.4, -0.2) is 47.4 Å². The first-order valence-corrected chi connectivity index (χ1v) is 13.9. The number of aryl methyl sites for hydroxylation is 1. The largest absolute Gasteiger partial charge is 0.357 e. The monoisotopic (exact) mass is 581 g/mol. The first-order valence-electron chi connectivity index (χ1n) is 13.9. The Morgan fingerprint density at radius 1 is 1.07 bits per heavy atom. The van der Waals surface area contributed by atoms with Gasteiger partial charge in [-0.2, -0.15) is 0 Å². The van der Waals surface area contributed by atoms with Gasteiger partial charge in [0, 0.05) is 40.2 Å². The van der Waals surface area contributed by atoms with E-state index in [4.69, 9.17) is 0 Å². The summed E-state index contributed by atoms with van der Waals surface area (Å²) in [5.74, 6) is -1.39. The normalized spacial score (nSPS) is 17.1. The van der Waals surface area contributed by atoms with Crippen molar-refractivity contribution in [1.82, 2.24) is 15.6 Å². The number of fused-ring (bicyclic) bond motifs is 1. The van der Waals surface area contributed by atoms with Gasteiger partial charge in [-0.1, -0.05) is 36.4 Å². The van der Waals surface area contributed by atoms with E-state index in [1.165, 1.54) is 6.08 Å². The van der Waals surface area contributed by atoms with E-state index in [0.717, 1.165) is 5.57 Å². The quantitative estimate of drug-likeness (QED) is 0.244. The molecule has 2 atom stereocenters. The van der Waals surface area contributed by atoms with Gasteiger partial charge in [0.2, 0.25) is 5.91 Å². The number of aromatic amines is 1. The average molecular weight is 582 g/mol. The van der Waals surface area contributed by atoms with Crippen molar-refractivity contribution in [2.24, 2.45) is 0 Å². The molecule has 1 aliphatic carbocycles. The number of benzene rings is 2. The fraction of sp³-hybridized carbons (Fsp3) is 0.212. The van der Waals surface area contributed by atoms with Crippen molar-refractivity contribution in [3.05, 3.63) is 106 Å². The summed E-state index contributed by atoms with van der Waals surface area (Å²) < 4.78 is 13.4. The summed E-state index contributed by atoms with van der Waals surface area (Å²) >= 11 is 0.